The number of rotatable bonds is 6. The highest BCUT2D eigenvalue weighted by Gasteiger charge is 2.38. The Balaban J connectivity index is 1.49. The van der Waals surface area contributed by atoms with Gasteiger partial charge in [0.2, 0.25) is 0 Å². The predicted molar refractivity (Wildman–Crippen MR) is 92.3 cm³/mol. The molecule has 5 nitrogen and oxygen atoms in total. The lowest BCUT2D eigenvalue weighted by molar-refractivity contribution is -0.915. The Morgan fingerprint density at radius 3 is 2.50 bits per heavy atom. The summed E-state index contributed by atoms with van der Waals surface area (Å²) >= 11 is 0. The minimum atomic E-state index is -0.258. The molecule has 0 aliphatic carbocycles. The van der Waals surface area contributed by atoms with E-state index < -0.39 is 0 Å². The smallest absolute Gasteiger partial charge is 0.258 e. The fourth-order valence-electron chi connectivity index (χ4n) is 2.62. The van der Waals surface area contributed by atoms with Gasteiger partial charge in [0.15, 0.2) is 6.61 Å². The number of hydrogen-bond acceptors (Lipinski definition) is 3. The van der Waals surface area contributed by atoms with Crippen molar-refractivity contribution in [3.05, 3.63) is 77.5 Å². The van der Waals surface area contributed by atoms with E-state index in [4.69, 9.17) is 4.74 Å². The number of benzene rings is 2. The average Bonchev–Trinajstić information content (AvgIpc) is 2.61. The number of carbonyl (C=O) groups is 1. The first kappa shape index (κ1) is 16.2. The summed E-state index contributed by atoms with van der Waals surface area (Å²) < 4.78 is 5.41. The second-order valence-electron chi connectivity index (χ2n) is 5.74. The lowest BCUT2D eigenvalue weighted by Gasteiger charge is -2.45. The number of para-hydroxylation sites is 1. The van der Waals surface area contributed by atoms with E-state index in [1.54, 1.807) is 12.1 Å². The van der Waals surface area contributed by atoms with E-state index in [-0.39, 0.29) is 29.7 Å². The molecule has 2 N–H and O–H groups in total. The summed E-state index contributed by atoms with van der Waals surface area (Å²) in [5.74, 6) is 0.437. The summed E-state index contributed by atoms with van der Waals surface area (Å²) in [5.41, 5.74) is 1.04. The Labute approximate surface area is 141 Å². The molecule has 3 atom stereocenters. The Hall–Kier alpha value is -2.63. The number of amides is 1. The zero-order valence-electron chi connectivity index (χ0n) is 13.2. The van der Waals surface area contributed by atoms with Crippen LogP contribution in [0.3, 0.4) is 0 Å². The first-order valence-corrected chi connectivity index (χ1v) is 7.95. The molecule has 0 spiro atoms. The summed E-state index contributed by atoms with van der Waals surface area (Å²) in [6, 6.07) is 18.6. The minimum Gasteiger partial charge on any atom is -0.634 e. The van der Waals surface area contributed by atoms with E-state index in [0.717, 1.165) is 5.56 Å². The molecule has 5 heteroatoms. The van der Waals surface area contributed by atoms with Crippen LogP contribution in [0, 0.1) is 5.21 Å². The van der Waals surface area contributed by atoms with Gasteiger partial charge in [-0.25, -0.2) is 0 Å². The maximum Gasteiger partial charge on any atom is 0.258 e. The van der Waals surface area contributed by atoms with Gasteiger partial charge in [-0.1, -0.05) is 54.6 Å². The molecule has 1 saturated heterocycles. The maximum atomic E-state index is 12.0. The standard InChI is InChI=1S/C19H20N2O3/c22-19(14-24-16-9-5-2-6-10-16)20-17-13-21(23)18(17)12-11-15-7-3-1-4-8-15/h1-12,17-18,21H,13-14H2,(H,20,22). The highest BCUT2D eigenvalue weighted by atomic mass is 16.5. The number of quaternary nitrogens is 1. The molecule has 3 unspecified atom stereocenters. The molecule has 2 aromatic rings. The molecule has 1 fully saturated rings. The molecule has 0 aromatic heterocycles. The second kappa shape index (κ2) is 7.77. The van der Waals surface area contributed by atoms with Crippen molar-refractivity contribution >= 4 is 12.0 Å². The van der Waals surface area contributed by atoms with Gasteiger partial charge in [0.1, 0.15) is 24.4 Å². The van der Waals surface area contributed by atoms with Crippen LogP contribution in [0.1, 0.15) is 5.56 Å². The molecule has 24 heavy (non-hydrogen) atoms. The van der Waals surface area contributed by atoms with Crippen molar-refractivity contribution in [1.82, 2.24) is 5.32 Å². The van der Waals surface area contributed by atoms with Crippen LogP contribution in [0.4, 0.5) is 0 Å². The fraction of sp³-hybridized carbons (Fsp3) is 0.211. The van der Waals surface area contributed by atoms with Gasteiger partial charge in [0, 0.05) is 0 Å². The summed E-state index contributed by atoms with van der Waals surface area (Å²) in [6.07, 6.45) is 3.78. The molecule has 2 aromatic carbocycles. The third-order valence-electron chi connectivity index (χ3n) is 3.98. The van der Waals surface area contributed by atoms with Crippen LogP contribution < -0.4 is 15.1 Å². The number of nitrogens with one attached hydrogen (secondary N) is 2. The predicted octanol–water partition coefficient (Wildman–Crippen LogP) is 1.03. The van der Waals surface area contributed by atoms with Crippen molar-refractivity contribution in [1.29, 1.82) is 0 Å². The highest BCUT2D eigenvalue weighted by molar-refractivity contribution is 5.78. The summed E-state index contributed by atoms with van der Waals surface area (Å²) in [7, 11) is 0. The van der Waals surface area contributed by atoms with E-state index in [1.807, 2.05) is 60.7 Å². The lowest BCUT2D eigenvalue weighted by Crippen LogP contribution is -3.22. The van der Waals surface area contributed by atoms with Crippen LogP contribution in [-0.4, -0.2) is 31.1 Å². The number of ether oxygens (including phenoxy) is 1. The first-order valence-electron chi connectivity index (χ1n) is 7.95. The van der Waals surface area contributed by atoms with Gasteiger partial charge in [-0.3, -0.25) is 4.79 Å². The molecule has 1 aliphatic rings. The summed E-state index contributed by atoms with van der Waals surface area (Å²) in [5, 5.41) is 14.8. The lowest BCUT2D eigenvalue weighted by atomic mass is 9.98. The Bertz CT molecular complexity index is 688. The van der Waals surface area contributed by atoms with Gasteiger partial charge >= 0.3 is 0 Å². The SMILES string of the molecule is O=C(COc1ccccc1)NC1C[NH+]([O-])C1C=Cc1ccccc1. The summed E-state index contributed by atoms with van der Waals surface area (Å²) in [6.45, 7) is 0.324. The fourth-order valence-corrected chi connectivity index (χ4v) is 2.62. The van der Waals surface area contributed by atoms with Crippen LogP contribution in [0.2, 0.25) is 0 Å². The molecule has 0 radical (unpaired) electrons. The van der Waals surface area contributed by atoms with Gasteiger partial charge in [-0.05, 0) is 23.8 Å². The molecule has 0 saturated carbocycles. The highest BCUT2D eigenvalue weighted by Crippen LogP contribution is 2.08. The first-order chi connectivity index (χ1) is 11.7. The molecule has 124 valence electrons. The van der Waals surface area contributed by atoms with Gasteiger partial charge in [-0.2, -0.15) is 0 Å². The zero-order valence-corrected chi connectivity index (χ0v) is 13.2. The number of hydrogen-bond donors (Lipinski definition) is 2. The zero-order chi connectivity index (χ0) is 16.8. The van der Waals surface area contributed by atoms with Crippen molar-refractivity contribution in [2.24, 2.45) is 0 Å². The third kappa shape index (κ3) is 4.22. The molecule has 0 bridgehead atoms. The van der Waals surface area contributed by atoms with Crippen LogP contribution in [0.15, 0.2) is 66.7 Å². The van der Waals surface area contributed by atoms with Crippen molar-refractivity contribution < 1.29 is 14.6 Å². The van der Waals surface area contributed by atoms with Crippen LogP contribution >= 0.6 is 0 Å². The molecular weight excluding hydrogens is 304 g/mol. The largest absolute Gasteiger partial charge is 0.634 e. The van der Waals surface area contributed by atoms with Crippen molar-refractivity contribution in [3.8, 4) is 5.75 Å². The summed E-state index contributed by atoms with van der Waals surface area (Å²) in [4.78, 5) is 12.0. The van der Waals surface area contributed by atoms with Gasteiger partial charge in [-0.15, -0.1) is 0 Å². The van der Waals surface area contributed by atoms with E-state index in [2.05, 4.69) is 5.32 Å². The Kier molecular flexibility index (Phi) is 5.25. The maximum absolute atomic E-state index is 12.0. The van der Waals surface area contributed by atoms with Crippen LogP contribution in [0.5, 0.6) is 5.75 Å². The third-order valence-corrected chi connectivity index (χ3v) is 3.98. The van der Waals surface area contributed by atoms with Crippen molar-refractivity contribution in [2.75, 3.05) is 13.2 Å². The molecule has 3 rings (SSSR count). The quantitative estimate of drug-likeness (QED) is 0.780. The number of carbonyl (C=O) groups excluding carboxylic acids is 1. The second-order valence-corrected chi connectivity index (χ2v) is 5.74. The monoisotopic (exact) mass is 324 g/mol. The van der Waals surface area contributed by atoms with Crippen molar-refractivity contribution in [2.45, 2.75) is 12.1 Å². The van der Waals surface area contributed by atoms with Crippen molar-refractivity contribution in [3.63, 3.8) is 0 Å². The van der Waals surface area contributed by atoms with E-state index in [9.17, 15) is 10.0 Å². The number of hydroxylamine groups is 2. The average molecular weight is 324 g/mol. The Morgan fingerprint density at radius 1 is 1.17 bits per heavy atom. The molecule has 1 heterocycles. The van der Waals surface area contributed by atoms with Gasteiger partial charge in [0.25, 0.3) is 5.91 Å². The normalized spacial score (nSPS) is 22.8. The molecule has 1 aliphatic heterocycles. The van der Waals surface area contributed by atoms with Crippen LogP contribution in [-0.2, 0) is 4.79 Å². The van der Waals surface area contributed by atoms with Crippen LogP contribution in [0.25, 0.3) is 6.08 Å². The van der Waals surface area contributed by atoms with E-state index in [0.29, 0.717) is 12.3 Å². The van der Waals surface area contributed by atoms with Gasteiger partial charge in [0.05, 0.1) is 0 Å². The molecular formula is C19H20N2O3. The minimum absolute atomic E-state index is 0.0518. The topological polar surface area (TPSA) is 65.8 Å². The van der Waals surface area contributed by atoms with Gasteiger partial charge < -0.3 is 20.3 Å². The van der Waals surface area contributed by atoms with E-state index in [1.165, 1.54) is 0 Å². The molecule has 1 amide bonds. The Morgan fingerprint density at radius 2 is 1.83 bits per heavy atom. The van der Waals surface area contributed by atoms with E-state index >= 15 is 0 Å².